The molecule has 2 heterocycles. The molecule has 0 saturated heterocycles. The number of Topliss-reactive ketones (excluding diaryl/α,β-unsaturated/α-hetero) is 1. The van der Waals surface area contributed by atoms with Gasteiger partial charge in [0.05, 0.1) is 16.5 Å². The lowest BCUT2D eigenvalue weighted by atomic mass is 10.1. The summed E-state index contributed by atoms with van der Waals surface area (Å²) < 4.78 is 7.33. The molecule has 0 aliphatic heterocycles. The first-order valence-electron chi connectivity index (χ1n) is 12.6. The van der Waals surface area contributed by atoms with Gasteiger partial charge in [0.15, 0.2) is 5.78 Å². The number of aliphatic hydroxyl groups excluding tert-OH is 1. The minimum Gasteiger partial charge on any atom is -0.413 e. The van der Waals surface area contributed by atoms with Gasteiger partial charge >= 0.3 is 0 Å². The Morgan fingerprint density at radius 3 is 2.33 bits per heavy atom. The largest absolute Gasteiger partial charge is 0.413 e. The average Bonchev–Trinajstić information content (AvgIpc) is 3.39. The third-order valence-electron chi connectivity index (χ3n) is 7.51. The lowest BCUT2D eigenvalue weighted by Gasteiger charge is -2.45. The normalized spacial score (nSPS) is 20.5. The average molecular weight is 552 g/mol. The standard InChI is InChI=1S/C26H38ClN3O4SSi/c1-14(2)36(15(3)4,16(5)6)34-22-9-19(8-18(22)12-31)30-26-21(11-28-13-29-26)24(33)23-10-20(17(7)32)25(27)35-23/h10-11,13-16,18-19,22,31H,8-9,12H2,1-7H3,(H,28,29,30)/t18-,19-,22+/m1/s1. The van der Waals surface area contributed by atoms with Gasteiger partial charge in [-0.1, -0.05) is 53.1 Å². The van der Waals surface area contributed by atoms with Gasteiger partial charge in [0.1, 0.15) is 16.5 Å². The van der Waals surface area contributed by atoms with E-state index in [1.807, 2.05) is 0 Å². The first kappa shape index (κ1) is 28.9. The van der Waals surface area contributed by atoms with E-state index >= 15 is 0 Å². The fraction of sp³-hybridized carbons (Fsp3) is 0.615. The summed E-state index contributed by atoms with van der Waals surface area (Å²) in [5.41, 5.74) is 2.02. The van der Waals surface area contributed by atoms with Gasteiger partial charge in [0, 0.05) is 30.3 Å². The van der Waals surface area contributed by atoms with Crippen molar-refractivity contribution in [2.45, 2.75) is 90.1 Å². The Kier molecular flexibility index (Phi) is 9.49. The molecule has 2 aromatic heterocycles. The molecule has 2 aromatic rings. The molecule has 2 N–H and O–H groups in total. The van der Waals surface area contributed by atoms with Crippen LogP contribution >= 0.6 is 22.9 Å². The zero-order valence-electron chi connectivity index (χ0n) is 22.2. The summed E-state index contributed by atoms with van der Waals surface area (Å²) in [6.45, 7) is 15.0. The number of aliphatic hydroxyl groups is 1. The number of nitrogens with zero attached hydrogens (tertiary/aromatic N) is 2. The van der Waals surface area contributed by atoms with E-state index in [4.69, 9.17) is 16.0 Å². The zero-order valence-corrected chi connectivity index (χ0v) is 24.7. The van der Waals surface area contributed by atoms with Gasteiger partial charge in [-0.25, -0.2) is 9.97 Å². The summed E-state index contributed by atoms with van der Waals surface area (Å²) in [6, 6.07) is 1.52. The van der Waals surface area contributed by atoms with Gasteiger partial charge in [-0.05, 0) is 42.5 Å². The molecular weight excluding hydrogens is 514 g/mol. The second-order valence-corrected chi connectivity index (χ2v) is 17.8. The highest BCUT2D eigenvalue weighted by Crippen LogP contribution is 2.46. The fourth-order valence-corrected chi connectivity index (χ4v) is 12.8. The van der Waals surface area contributed by atoms with Crippen molar-refractivity contribution in [2.75, 3.05) is 11.9 Å². The van der Waals surface area contributed by atoms with Crippen molar-refractivity contribution >= 4 is 48.6 Å². The maximum atomic E-state index is 13.3. The molecule has 1 saturated carbocycles. The maximum absolute atomic E-state index is 13.3. The first-order valence-corrected chi connectivity index (χ1v) is 16.0. The molecule has 3 rings (SSSR count). The number of rotatable bonds is 11. The highest BCUT2D eigenvalue weighted by molar-refractivity contribution is 7.18. The van der Waals surface area contributed by atoms with Crippen LogP contribution in [0, 0.1) is 5.92 Å². The van der Waals surface area contributed by atoms with Crippen molar-refractivity contribution in [1.29, 1.82) is 0 Å². The molecule has 0 bridgehead atoms. The second kappa shape index (κ2) is 11.8. The Morgan fingerprint density at radius 1 is 1.17 bits per heavy atom. The van der Waals surface area contributed by atoms with E-state index in [9.17, 15) is 14.7 Å². The number of halogens is 1. The van der Waals surface area contributed by atoms with E-state index in [0.29, 0.717) is 42.8 Å². The Morgan fingerprint density at radius 2 is 1.81 bits per heavy atom. The molecule has 7 nitrogen and oxygen atoms in total. The van der Waals surface area contributed by atoms with Crippen LogP contribution in [-0.4, -0.2) is 53.7 Å². The Labute approximate surface area is 224 Å². The van der Waals surface area contributed by atoms with Crippen LogP contribution in [0.5, 0.6) is 0 Å². The fourth-order valence-electron chi connectivity index (χ4n) is 5.87. The second-order valence-electron chi connectivity index (χ2n) is 10.7. The SMILES string of the molecule is CC(=O)c1cc(C(=O)c2cncnc2N[C@@H]2C[C@H](CO)[C@@H](O[Si](C(C)C)(C(C)C)C(C)C)C2)sc1Cl. The third-order valence-corrected chi connectivity index (χ3v) is 15.0. The van der Waals surface area contributed by atoms with Gasteiger partial charge in [-0.15, -0.1) is 11.3 Å². The highest BCUT2D eigenvalue weighted by atomic mass is 35.5. The van der Waals surface area contributed by atoms with Crippen LogP contribution in [0.25, 0.3) is 0 Å². The molecular formula is C26H38ClN3O4SSi. The number of anilines is 1. The van der Waals surface area contributed by atoms with Gasteiger partial charge in [0.2, 0.25) is 14.1 Å². The highest BCUT2D eigenvalue weighted by Gasteiger charge is 2.49. The van der Waals surface area contributed by atoms with Crippen LogP contribution in [-0.2, 0) is 4.43 Å². The van der Waals surface area contributed by atoms with Crippen molar-refractivity contribution < 1.29 is 19.1 Å². The van der Waals surface area contributed by atoms with Gasteiger partial charge in [-0.2, -0.15) is 0 Å². The van der Waals surface area contributed by atoms with Crippen LogP contribution in [0.15, 0.2) is 18.6 Å². The van der Waals surface area contributed by atoms with Crippen LogP contribution in [0.2, 0.25) is 21.0 Å². The monoisotopic (exact) mass is 551 g/mol. The molecule has 1 fully saturated rings. The molecule has 0 spiro atoms. The number of aromatic nitrogens is 2. The smallest absolute Gasteiger partial charge is 0.208 e. The van der Waals surface area contributed by atoms with Gasteiger partial charge < -0.3 is 14.8 Å². The molecule has 10 heteroatoms. The summed E-state index contributed by atoms with van der Waals surface area (Å²) in [5, 5.41) is 13.6. The molecule has 0 radical (unpaired) electrons. The molecule has 0 aromatic carbocycles. The van der Waals surface area contributed by atoms with Crippen molar-refractivity contribution in [3.8, 4) is 0 Å². The van der Waals surface area contributed by atoms with E-state index in [0.717, 1.165) is 24.2 Å². The van der Waals surface area contributed by atoms with Crippen molar-refractivity contribution in [2.24, 2.45) is 5.92 Å². The quantitative estimate of drug-likeness (QED) is 0.247. The summed E-state index contributed by atoms with van der Waals surface area (Å²) in [4.78, 5) is 33.9. The number of nitrogens with one attached hydrogen (secondary N) is 1. The van der Waals surface area contributed by atoms with E-state index in [2.05, 4.69) is 56.8 Å². The Hall–Kier alpha value is -1.65. The van der Waals surface area contributed by atoms with E-state index in [-0.39, 0.29) is 36.2 Å². The Balaban J connectivity index is 1.83. The van der Waals surface area contributed by atoms with E-state index in [1.54, 1.807) is 0 Å². The zero-order chi connectivity index (χ0) is 26.8. The predicted molar refractivity (Wildman–Crippen MR) is 148 cm³/mol. The third kappa shape index (κ3) is 5.75. The molecule has 0 amide bonds. The van der Waals surface area contributed by atoms with Crippen LogP contribution in [0.3, 0.4) is 0 Å². The maximum Gasteiger partial charge on any atom is 0.208 e. The Bertz CT molecular complexity index is 1070. The number of hydrogen-bond acceptors (Lipinski definition) is 8. The molecule has 0 unspecified atom stereocenters. The first-order chi connectivity index (χ1) is 16.9. The molecule has 3 atom stereocenters. The summed E-state index contributed by atoms with van der Waals surface area (Å²) in [5.74, 6) is -0.0196. The topological polar surface area (TPSA) is 101 Å². The molecule has 1 aliphatic rings. The van der Waals surface area contributed by atoms with Gasteiger partial charge in [-0.3, -0.25) is 9.59 Å². The van der Waals surface area contributed by atoms with Crippen LogP contribution in [0.1, 0.15) is 86.9 Å². The number of thiophene rings is 1. The van der Waals surface area contributed by atoms with E-state index < -0.39 is 8.32 Å². The van der Waals surface area contributed by atoms with Crippen LogP contribution in [0.4, 0.5) is 5.82 Å². The lowest BCUT2D eigenvalue weighted by Crippen LogP contribution is -2.51. The number of hydrogen-bond donors (Lipinski definition) is 2. The summed E-state index contributed by atoms with van der Waals surface area (Å²) in [6.07, 6.45) is 4.28. The van der Waals surface area contributed by atoms with Crippen molar-refractivity contribution in [1.82, 2.24) is 9.97 Å². The molecule has 1 aliphatic carbocycles. The number of carbonyl (C=O) groups excluding carboxylic acids is 2. The minimum absolute atomic E-state index is 0.00788. The van der Waals surface area contributed by atoms with Crippen molar-refractivity contribution in [3.05, 3.63) is 38.9 Å². The summed E-state index contributed by atoms with van der Waals surface area (Å²) >= 11 is 7.26. The lowest BCUT2D eigenvalue weighted by molar-refractivity contribution is 0.0941. The minimum atomic E-state index is -2.11. The van der Waals surface area contributed by atoms with Crippen molar-refractivity contribution in [3.63, 3.8) is 0 Å². The molecule has 198 valence electrons. The summed E-state index contributed by atoms with van der Waals surface area (Å²) in [7, 11) is -2.11. The van der Waals surface area contributed by atoms with Gasteiger partial charge in [0.25, 0.3) is 0 Å². The van der Waals surface area contributed by atoms with E-state index in [1.165, 1.54) is 25.5 Å². The molecule has 36 heavy (non-hydrogen) atoms. The van der Waals surface area contributed by atoms with Crippen LogP contribution < -0.4 is 5.32 Å². The predicted octanol–water partition coefficient (Wildman–Crippen LogP) is 6.37. The number of ketones is 2. The number of carbonyl (C=O) groups is 2.